The van der Waals surface area contributed by atoms with Gasteiger partial charge in [0.25, 0.3) is 0 Å². The van der Waals surface area contributed by atoms with Crippen LogP contribution in [0.5, 0.6) is 5.75 Å². The Morgan fingerprint density at radius 1 is 1.35 bits per heavy atom. The molecule has 1 atom stereocenters. The lowest BCUT2D eigenvalue weighted by Gasteiger charge is -2.36. The molecule has 23 heavy (non-hydrogen) atoms. The van der Waals surface area contributed by atoms with Gasteiger partial charge in [-0.3, -0.25) is 0 Å². The molecule has 2 aromatic rings. The van der Waals surface area contributed by atoms with Crippen molar-refractivity contribution in [1.29, 1.82) is 0 Å². The Kier molecular flexibility index (Phi) is 5.06. The van der Waals surface area contributed by atoms with Gasteiger partial charge >= 0.3 is 0 Å². The smallest absolute Gasteiger partial charge is 0.180 e. The van der Waals surface area contributed by atoms with E-state index in [4.69, 9.17) is 10.5 Å². The van der Waals surface area contributed by atoms with Crippen LogP contribution in [0.3, 0.4) is 0 Å². The van der Waals surface area contributed by atoms with Gasteiger partial charge in [-0.15, -0.1) is 11.3 Å². The number of nitrogen functional groups attached to an aromatic ring is 1. The molecule has 0 aliphatic carbocycles. The van der Waals surface area contributed by atoms with Crippen molar-refractivity contribution in [2.45, 2.75) is 45.6 Å². The molecule has 4 nitrogen and oxygen atoms in total. The Labute approximate surface area is 142 Å². The minimum Gasteiger partial charge on any atom is -0.486 e. The van der Waals surface area contributed by atoms with E-state index in [0.29, 0.717) is 5.13 Å². The predicted octanol–water partition coefficient (Wildman–Crippen LogP) is 4.56. The third-order valence-electron chi connectivity index (χ3n) is 4.32. The summed E-state index contributed by atoms with van der Waals surface area (Å²) in [5.41, 5.74) is 9.01. The van der Waals surface area contributed by atoms with Crippen LogP contribution in [-0.4, -0.2) is 24.2 Å². The molecule has 0 saturated heterocycles. The quantitative estimate of drug-likeness (QED) is 0.788. The lowest BCUT2D eigenvalue weighted by molar-refractivity contribution is 0.189. The van der Waals surface area contributed by atoms with Crippen LogP contribution in [0.2, 0.25) is 0 Å². The molecule has 1 aliphatic heterocycles. The van der Waals surface area contributed by atoms with Crippen LogP contribution in [0, 0.1) is 0 Å². The molecular formula is C18H25N3OS. The van der Waals surface area contributed by atoms with Gasteiger partial charge in [0, 0.05) is 17.5 Å². The zero-order chi connectivity index (χ0) is 16.2. The van der Waals surface area contributed by atoms with Crippen LogP contribution in [0.4, 0.5) is 10.8 Å². The average molecular weight is 331 g/mol. The van der Waals surface area contributed by atoms with Crippen LogP contribution >= 0.6 is 11.3 Å². The number of unbranched alkanes of at least 4 members (excludes halogenated alkanes) is 2. The van der Waals surface area contributed by atoms with Crippen molar-refractivity contribution in [2.24, 2.45) is 0 Å². The van der Waals surface area contributed by atoms with Crippen LogP contribution in [0.25, 0.3) is 11.3 Å². The number of hydrogen-bond acceptors (Lipinski definition) is 5. The van der Waals surface area contributed by atoms with Crippen molar-refractivity contribution in [2.75, 3.05) is 23.7 Å². The second-order valence-electron chi connectivity index (χ2n) is 6.05. The maximum Gasteiger partial charge on any atom is 0.180 e. The number of anilines is 2. The first kappa shape index (κ1) is 16.1. The van der Waals surface area contributed by atoms with Gasteiger partial charge in [-0.05, 0) is 31.0 Å². The van der Waals surface area contributed by atoms with Crippen molar-refractivity contribution in [3.63, 3.8) is 0 Å². The predicted molar refractivity (Wildman–Crippen MR) is 98.4 cm³/mol. The second-order valence-corrected chi connectivity index (χ2v) is 6.94. The van der Waals surface area contributed by atoms with Gasteiger partial charge in [-0.1, -0.05) is 26.7 Å². The first-order chi connectivity index (χ1) is 11.2. The first-order valence-corrected chi connectivity index (χ1v) is 9.36. The summed E-state index contributed by atoms with van der Waals surface area (Å²) in [6, 6.07) is 6.35. The van der Waals surface area contributed by atoms with Crippen LogP contribution in [0.15, 0.2) is 23.6 Å². The van der Waals surface area contributed by atoms with Gasteiger partial charge in [-0.2, -0.15) is 0 Å². The SMILES string of the molecule is CCCCCN1CC(CC)Oc2ccc(-c3csc(N)n3)cc21. The number of rotatable bonds is 6. The van der Waals surface area contributed by atoms with Gasteiger partial charge in [0.2, 0.25) is 0 Å². The molecule has 0 spiro atoms. The van der Waals surface area contributed by atoms with E-state index in [-0.39, 0.29) is 6.10 Å². The van der Waals surface area contributed by atoms with E-state index in [9.17, 15) is 0 Å². The Morgan fingerprint density at radius 2 is 2.22 bits per heavy atom. The Bertz CT molecular complexity index is 655. The van der Waals surface area contributed by atoms with E-state index >= 15 is 0 Å². The third-order valence-corrected chi connectivity index (χ3v) is 5.00. The normalized spacial score (nSPS) is 17.0. The van der Waals surface area contributed by atoms with E-state index in [1.165, 1.54) is 36.3 Å². The molecule has 0 fully saturated rings. The largest absolute Gasteiger partial charge is 0.486 e. The molecule has 1 unspecified atom stereocenters. The van der Waals surface area contributed by atoms with E-state index in [1.54, 1.807) is 0 Å². The molecule has 0 saturated carbocycles. The van der Waals surface area contributed by atoms with Crippen LogP contribution in [-0.2, 0) is 0 Å². The summed E-state index contributed by atoms with van der Waals surface area (Å²) in [5, 5.41) is 2.62. The van der Waals surface area contributed by atoms with Crippen molar-refractivity contribution >= 4 is 22.2 Å². The summed E-state index contributed by atoms with van der Waals surface area (Å²) in [4.78, 5) is 6.87. The molecule has 3 rings (SSSR count). The molecule has 0 amide bonds. The maximum absolute atomic E-state index is 6.13. The fourth-order valence-corrected chi connectivity index (χ4v) is 3.55. The highest BCUT2D eigenvalue weighted by molar-refractivity contribution is 7.13. The van der Waals surface area contributed by atoms with Crippen LogP contribution in [0.1, 0.15) is 39.5 Å². The van der Waals surface area contributed by atoms with E-state index in [0.717, 1.165) is 36.5 Å². The molecule has 1 aromatic heterocycles. The first-order valence-electron chi connectivity index (χ1n) is 8.48. The number of nitrogens with two attached hydrogens (primary N) is 1. The van der Waals surface area contributed by atoms with Gasteiger partial charge in [0.15, 0.2) is 5.13 Å². The summed E-state index contributed by atoms with van der Waals surface area (Å²) in [7, 11) is 0. The van der Waals surface area contributed by atoms with E-state index in [1.807, 2.05) is 5.38 Å². The van der Waals surface area contributed by atoms with Crippen molar-refractivity contribution in [1.82, 2.24) is 4.98 Å². The topological polar surface area (TPSA) is 51.4 Å². The van der Waals surface area contributed by atoms with Gasteiger partial charge in [-0.25, -0.2) is 4.98 Å². The molecule has 0 bridgehead atoms. The standard InChI is InChI=1S/C18H25N3OS/c1-3-5-6-9-21-11-14(4-2)22-17-8-7-13(10-16(17)21)15-12-23-18(19)20-15/h7-8,10,12,14H,3-6,9,11H2,1-2H3,(H2,19,20). The Hall–Kier alpha value is -1.75. The zero-order valence-electron chi connectivity index (χ0n) is 13.9. The van der Waals surface area contributed by atoms with Crippen molar-refractivity contribution < 1.29 is 4.74 Å². The van der Waals surface area contributed by atoms with Crippen molar-refractivity contribution in [3.8, 4) is 17.0 Å². The zero-order valence-corrected chi connectivity index (χ0v) is 14.7. The summed E-state index contributed by atoms with van der Waals surface area (Å²) in [5.74, 6) is 0.992. The molecule has 5 heteroatoms. The third kappa shape index (κ3) is 3.61. The number of fused-ring (bicyclic) bond motifs is 1. The minimum absolute atomic E-state index is 0.282. The highest BCUT2D eigenvalue weighted by Crippen LogP contribution is 2.38. The average Bonchev–Trinajstić information content (AvgIpc) is 3.01. The monoisotopic (exact) mass is 331 g/mol. The van der Waals surface area contributed by atoms with Crippen molar-refractivity contribution in [3.05, 3.63) is 23.6 Å². The van der Waals surface area contributed by atoms with Gasteiger partial charge in [0.1, 0.15) is 11.9 Å². The Morgan fingerprint density at radius 3 is 2.91 bits per heavy atom. The highest BCUT2D eigenvalue weighted by atomic mass is 32.1. The second kappa shape index (κ2) is 7.21. The number of benzene rings is 1. The summed E-state index contributed by atoms with van der Waals surface area (Å²) in [6.07, 6.45) is 5.05. The minimum atomic E-state index is 0.282. The molecular weight excluding hydrogens is 306 g/mol. The molecule has 0 radical (unpaired) electrons. The number of nitrogens with zero attached hydrogens (tertiary/aromatic N) is 2. The Balaban J connectivity index is 1.89. The maximum atomic E-state index is 6.13. The van der Waals surface area contributed by atoms with Gasteiger partial charge in [0.05, 0.1) is 17.9 Å². The fourth-order valence-electron chi connectivity index (χ4n) is 2.98. The lowest BCUT2D eigenvalue weighted by atomic mass is 10.1. The highest BCUT2D eigenvalue weighted by Gasteiger charge is 2.25. The van der Waals surface area contributed by atoms with E-state index < -0.39 is 0 Å². The number of hydrogen-bond donors (Lipinski definition) is 1. The molecule has 1 aromatic carbocycles. The summed E-state index contributed by atoms with van der Waals surface area (Å²) in [6.45, 7) is 6.48. The summed E-state index contributed by atoms with van der Waals surface area (Å²) < 4.78 is 6.13. The molecule has 124 valence electrons. The number of aromatic nitrogens is 1. The fraction of sp³-hybridized carbons (Fsp3) is 0.500. The number of ether oxygens (including phenoxy) is 1. The molecule has 2 heterocycles. The lowest BCUT2D eigenvalue weighted by Crippen LogP contribution is -2.40. The van der Waals surface area contributed by atoms with Crippen LogP contribution < -0.4 is 15.4 Å². The summed E-state index contributed by atoms with van der Waals surface area (Å²) >= 11 is 1.48. The number of thiazole rings is 1. The molecule has 1 aliphatic rings. The van der Waals surface area contributed by atoms with Gasteiger partial charge < -0.3 is 15.4 Å². The molecule has 2 N–H and O–H groups in total. The van der Waals surface area contributed by atoms with E-state index in [2.05, 4.69) is 41.9 Å².